The molecule has 8 nitrogen and oxygen atoms in total. The number of nitrogens with zero attached hydrogens (tertiary/aromatic N) is 2. The van der Waals surface area contributed by atoms with Crippen molar-refractivity contribution in [3.63, 3.8) is 0 Å². The molecule has 0 fully saturated rings. The maximum absolute atomic E-state index is 12.5. The normalized spacial score (nSPS) is 11.6. The van der Waals surface area contributed by atoms with E-state index >= 15 is 0 Å². The second kappa shape index (κ2) is 7.34. The van der Waals surface area contributed by atoms with Gasteiger partial charge in [0.25, 0.3) is 5.69 Å². The first-order valence-electron chi connectivity index (χ1n) is 6.63. The Hall–Kier alpha value is -1.71. The zero-order valence-corrected chi connectivity index (χ0v) is 12.9. The highest BCUT2D eigenvalue weighted by atomic mass is 32.2. The minimum absolute atomic E-state index is 0.0148. The van der Waals surface area contributed by atoms with Gasteiger partial charge in [0.15, 0.2) is 0 Å². The van der Waals surface area contributed by atoms with Crippen LogP contribution in [-0.4, -0.2) is 30.7 Å². The first kappa shape index (κ1) is 17.3. The van der Waals surface area contributed by atoms with E-state index in [1.165, 1.54) is 16.4 Å². The van der Waals surface area contributed by atoms with E-state index in [1.807, 2.05) is 6.92 Å². The van der Waals surface area contributed by atoms with Gasteiger partial charge in [-0.1, -0.05) is 20.3 Å². The van der Waals surface area contributed by atoms with Gasteiger partial charge in [-0.2, -0.15) is 4.31 Å². The van der Waals surface area contributed by atoms with E-state index in [-0.39, 0.29) is 16.3 Å². The standard InChI is InChI=1S/C12H20N4O4S/c1-3-5-8-15(4-2)21(19,20)10-6-7-12(16(17)18)11(9-10)14-13/h6-7,9,14H,3-5,8,13H2,1-2H3. The highest BCUT2D eigenvalue weighted by Gasteiger charge is 2.25. The SMILES string of the molecule is CCCCN(CC)S(=O)(=O)c1ccc([N+](=O)[O-])c(NN)c1. The number of anilines is 1. The number of rotatable bonds is 8. The molecule has 21 heavy (non-hydrogen) atoms. The van der Waals surface area contributed by atoms with Crippen molar-refractivity contribution < 1.29 is 13.3 Å². The van der Waals surface area contributed by atoms with E-state index in [4.69, 9.17) is 5.84 Å². The minimum atomic E-state index is -3.68. The molecule has 1 aromatic carbocycles. The highest BCUT2D eigenvalue weighted by molar-refractivity contribution is 7.89. The first-order valence-corrected chi connectivity index (χ1v) is 8.07. The summed E-state index contributed by atoms with van der Waals surface area (Å²) >= 11 is 0. The second-order valence-electron chi connectivity index (χ2n) is 4.43. The summed E-state index contributed by atoms with van der Waals surface area (Å²) in [5.41, 5.74) is 1.86. The number of unbranched alkanes of at least 4 members (excludes halogenated alkanes) is 1. The molecule has 0 bridgehead atoms. The first-order chi connectivity index (χ1) is 9.88. The van der Waals surface area contributed by atoms with E-state index in [0.717, 1.165) is 18.9 Å². The smallest absolute Gasteiger partial charge is 0.293 e. The van der Waals surface area contributed by atoms with Crippen LogP contribution in [0, 0.1) is 10.1 Å². The van der Waals surface area contributed by atoms with Crippen molar-refractivity contribution in [3.8, 4) is 0 Å². The molecule has 9 heteroatoms. The molecule has 1 aromatic rings. The van der Waals surface area contributed by atoms with Gasteiger partial charge in [-0.25, -0.2) is 8.42 Å². The number of nitro groups is 1. The van der Waals surface area contributed by atoms with E-state index in [2.05, 4.69) is 5.43 Å². The molecule has 0 amide bonds. The topological polar surface area (TPSA) is 119 Å². The van der Waals surface area contributed by atoms with Crippen LogP contribution in [0.2, 0.25) is 0 Å². The third-order valence-corrected chi connectivity index (χ3v) is 5.04. The Labute approximate surface area is 124 Å². The van der Waals surface area contributed by atoms with Crippen LogP contribution >= 0.6 is 0 Å². The monoisotopic (exact) mass is 316 g/mol. The van der Waals surface area contributed by atoms with Crippen LogP contribution < -0.4 is 11.3 Å². The molecule has 0 atom stereocenters. The Morgan fingerprint density at radius 1 is 1.38 bits per heavy atom. The summed E-state index contributed by atoms with van der Waals surface area (Å²) in [6.07, 6.45) is 1.63. The van der Waals surface area contributed by atoms with Gasteiger partial charge in [0.2, 0.25) is 10.0 Å². The lowest BCUT2D eigenvalue weighted by molar-refractivity contribution is -0.384. The Morgan fingerprint density at radius 2 is 2.05 bits per heavy atom. The summed E-state index contributed by atoms with van der Waals surface area (Å²) < 4.78 is 26.4. The molecule has 0 saturated carbocycles. The number of hydrogen-bond donors (Lipinski definition) is 2. The van der Waals surface area contributed by atoms with E-state index in [9.17, 15) is 18.5 Å². The quantitative estimate of drug-likeness (QED) is 0.428. The Balaban J connectivity index is 3.22. The highest BCUT2D eigenvalue weighted by Crippen LogP contribution is 2.28. The largest absolute Gasteiger partial charge is 0.318 e. The fraction of sp³-hybridized carbons (Fsp3) is 0.500. The van der Waals surface area contributed by atoms with Crippen molar-refractivity contribution in [3.05, 3.63) is 28.3 Å². The van der Waals surface area contributed by atoms with E-state index in [0.29, 0.717) is 13.1 Å². The summed E-state index contributed by atoms with van der Waals surface area (Å²) in [6.45, 7) is 4.48. The molecule has 0 aliphatic rings. The van der Waals surface area contributed by atoms with Crippen molar-refractivity contribution in [2.45, 2.75) is 31.6 Å². The van der Waals surface area contributed by atoms with Crippen molar-refractivity contribution in [2.75, 3.05) is 18.5 Å². The number of nitro benzene ring substituents is 1. The summed E-state index contributed by atoms with van der Waals surface area (Å²) in [5, 5.41) is 10.8. The van der Waals surface area contributed by atoms with Crippen LogP contribution in [0.3, 0.4) is 0 Å². The predicted octanol–water partition coefficient (Wildman–Crippen LogP) is 1.69. The Kier molecular flexibility index (Phi) is 6.06. The minimum Gasteiger partial charge on any atom is -0.318 e. The van der Waals surface area contributed by atoms with Gasteiger partial charge < -0.3 is 5.43 Å². The molecule has 1 rings (SSSR count). The van der Waals surface area contributed by atoms with E-state index < -0.39 is 14.9 Å². The molecule has 0 spiro atoms. The Morgan fingerprint density at radius 3 is 2.52 bits per heavy atom. The Bertz CT molecular complexity index is 603. The molecular formula is C12H20N4O4S. The fourth-order valence-electron chi connectivity index (χ4n) is 1.88. The number of sulfonamides is 1. The average Bonchev–Trinajstić information content (AvgIpc) is 2.46. The molecule has 0 aliphatic heterocycles. The predicted molar refractivity (Wildman–Crippen MR) is 80.2 cm³/mol. The maximum atomic E-state index is 12.5. The van der Waals surface area contributed by atoms with Gasteiger partial charge >= 0.3 is 0 Å². The van der Waals surface area contributed by atoms with Crippen LogP contribution in [0.5, 0.6) is 0 Å². The molecular weight excluding hydrogens is 296 g/mol. The lowest BCUT2D eigenvalue weighted by atomic mass is 10.3. The number of nitrogens with two attached hydrogens (primary N) is 1. The van der Waals surface area contributed by atoms with Crippen LogP contribution in [-0.2, 0) is 10.0 Å². The molecule has 0 saturated heterocycles. The van der Waals surface area contributed by atoms with Gasteiger partial charge in [0.05, 0.1) is 9.82 Å². The summed E-state index contributed by atoms with van der Waals surface area (Å²) in [5.74, 6) is 5.23. The van der Waals surface area contributed by atoms with Crippen LogP contribution in [0.25, 0.3) is 0 Å². The number of nitrogen functional groups attached to an aromatic ring is 1. The van der Waals surface area contributed by atoms with Crippen LogP contribution in [0.1, 0.15) is 26.7 Å². The molecule has 118 valence electrons. The molecule has 0 heterocycles. The maximum Gasteiger partial charge on any atom is 0.293 e. The van der Waals surface area contributed by atoms with E-state index in [1.54, 1.807) is 6.92 Å². The number of hydrogen-bond acceptors (Lipinski definition) is 6. The van der Waals surface area contributed by atoms with Gasteiger partial charge in [-0.15, -0.1) is 0 Å². The molecule has 0 unspecified atom stereocenters. The second-order valence-corrected chi connectivity index (χ2v) is 6.37. The van der Waals surface area contributed by atoms with Crippen LogP contribution in [0.4, 0.5) is 11.4 Å². The van der Waals surface area contributed by atoms with Gasteiger partial charge in [0.1, 0.15) is 5.69 Å². The van der Waals surface area contributed by atoms with Crippen molar-refractivity contribution in [2.24, 2.45) is 5.84 Å². The van der Waals surface area contributed by atoms with Crippen LogP contribution in [0.15, 0.2) is 23.1 Å². The lowest BCUT2D eigenvalue weighted by Gasteiger charge is -2.20. The molecule has 0 radical (unpaired) electrons. The summed E-state index contributed by atoms with van der Waals surface area (Å²) in [7, 11) is -3.68. The van der Waals surface area contributed by atoms with Gasteiger partial charge in [-0.3, -0.25) is 16.0 Å². The fourth-order valence-corrected chi connectivity index (χ4v) is 3.40. The summed E-state index contributed by atoms with van der Waals surface area (Å²) in [4.78, 5) is 10.2. The average molecular weight is 316 g/mol. The van der Waals surface area contributed by atoms with Crippen molar-refractivity contribution >= 4 is 21.4 Å². The number of benzene rings is 1. The van der Waals surface area contributed by atoms with Crippen molar-refractivity contribution in [1.29, 1.82) is 0 Å². The number of nitrogens with one attached hydrogen (secondary N) is 1. The summed E-state index contributed by atoms with van der Waals surface area (Å²) in [6, 6.07) is 3.54. The third kappa shape index (κ3) is 3.90. The van der Waals surface area contributed by atoms with Gasteiger partial charge in [0, 0.05) is 19.2 Å². The molecule has 3 N–H and O–H groups in total. The lowest BCUT2D eigenvalue weighted by Crippen LogP contribution is -2.32. The third-order valence-electron chi connectivity index (χ3n) is 3.07. The molecule has 0 aromatic heterocycles. The van der Waals surface area contributed by atoms with Gasteiger partial charge in [-0.05, 0) is 18.6 Å². The molecule has 0 aliphatic carbocycles. The van der Waals surface area contributed by atoms with Crippen molar-refractivity contribution in [1.82, 2.24) is 4.31 Å². The number of hydrazine groups is 1. The zero-order chi connectivity index (χ0) is 16.0. The zero-order valence-electron chi connectivity index (χ0n) is 12.1.